The number of aromatic nitrogens is 3. The lowest BCUT2D eigenvalue weighted by molar-refractivity contribution is -0.127. The Morgan fingerprint density at radius 3 is 2.35 bits per heavy atom. The summed E-state index contributed by atoms with van der Waals surface area (Å²) in [6.45, 7) is 6.50. The number of para-hydroxylation sites is 1. The van der Waals surface area contributed by atoms with E-state index in [9.17, 15) is 14.4 Å². The fourth-order valence-corrected chi connectivity index (χ4v) is 2.03. The Labute approximate surface area is 150 Å². The molecule has 0 aliphatic rings. The summed E-state index contributed by atoms with van der Waals surface area (Å²) in [5.74, 6) is -1.53. The Kier molecular flexibility index (Phi) is 6.05. The van der Waals surface area contributed by atoms with E-state index in [0.29, 0.717) is 11.4 Å². The lowest BCUT2D eigenvalue weighted by atomic mass is 10.3. The van der Waals surface area contributed by atoms with Crippen molar-refractivity contribution in [2.45, 2.75) is 39.8 Å². The van der Waals surface area contributed by atoms with Crippen molar-refractivity contribution in [2.24, 2.45) is 0 Å². The van der Waals surface area contributed by atoms with E-state index in [1.807, 2.05) is 18.2 Å². The molecule has 0 fully saturated rings. The Morgan fingerprint density at radius 1 is 1.08 bits per heavy atom. The molecule has 138 valence electrons. The molecule has 1 heterocycles. The van der Waals surface area contributed by atoms with Crippen molar-refractivity contribution in [3.63, 3.8) is 0 Å². The molecule has 0 saturated carbocycles. The van der Waals surface area contributed by atoms with Crippen LogP contribution in [0.3, 0.4) is 0 Å². The molecule has 9 heteroatoms. The smallest absolute Gasteiger partial charge is 0.361 e. The number of benzene rings is 1. The third-order valence-corrected chi connectivity index (χ3v) is 3.27. The van der Waals surface area contributed by atoms with Crippen LogP contribution in [0, 0.1) is 6.92 Å². The number of aryl methyl sites for hydroxylation is 1. The number of nitrogens with one attached hydrogen (secondary N) is 2. The largest absolute Gasteiger partial charge is 0.448 e. The van der Waals surface area contributed by atoms with Gasteiger partial charge in [0.15, 0.2) is 11.8 Å². The predicted octanol–water partition coefficient (Wildman–Crippen LogP) is 1.36. The summed E-state index contributed by atoms with van der Waals surface area (Å²) in [5.41, 5.74) is 1.05. The minimum atomic E-state index is -1.17. The minimum Gasteiger partial charge on any atom is -0.448 e. The fraction of sp³-hybridized carbons (Fsp3) is 0.353. The number of amides is 3. The van der Waals surface area contributed by atoms with Crippen molar-refractivity contribution in [3.8, 4) is 5.69 Å². The van der Waals surface area contributed by atoms with Gasteiger partial charge in [-0.3, -0.25) is 10.1 Å². The first kappa shape index (κ1) is 19.1. The number of esters is 1. The molecule has 1 atom stereocenters. The van der Waals surface area contributed by atoms with Crippen LogP contribution in [-0.4, -0.2) is 45.0 Å². The number of ether oxygens (including phenoxy) is 1. The first-order valence-corrected chi connectivity index (χ1v) is 8.09. The maximum absolute atomic E-state index is 12.3. The van der Waals surface area contributed by atoms with E-state index >= 15 is 0 Å². The molecule has 26 heavy (non-hydrogen) atoms. The van der Waals surface area contributed by atoms with Gasteiger partial charge in [-0.1, -0.05) is 18.2 Å². The average molecular weight is 359 g/mol. The molecule has 0 radical (unpaired) electrons. The zero-order chi connectivity index (χ0) is 19.3. The topological polar surface area (TPSA) is 115 Å². The molecular weight excluding hydrogens is 338 g/mol. The summed E-state index contributed by atoms with van der Waals surface area (Å²) in [7, 11) is 0. The summed E-state index contributed by atoms with van der Waals surface area (Å²) in [5, 5.41) is 12.9. The van der Waals surface area contributed by atoms with Gasteiger partial charge < -0.3 is 10.1 Å². The zero-order valence-electron chi connectivity index (χ0n) is 15.0. The van der Waals surface area contributed by atoms with Crippen LogP contribution in [0.25, 0.3) is 5.69 Å². The fourth-order valence-electron chi connectivity index (χ4n) is 2.03. The van der Waals surface area contributed by atoms with Crippen molar-refractivity contribution >= 4 is 17.9 Å². The highest BCUT2D eigenvalue weighted by Gasteiger charge is 2.24. The molecule has 2 rings (SSSR count). The van der Waals surface area contributed by atoms with Crippen LogP contribution in [0.1, 0.15) is 37.0 Å². The number of imide groups is 1. The molecule has 0 bridgehead atoms. The Bertz CT molecular complexity index is 801. The van der Waals surface area contributed by atoms with E-state index in [2.05, 4.69) is 20.8 Å². The first-order chi connectivity index (χ1) is 12.3. The van der Waals surface area contributed by atoms with Gasteiger partial charge in [-0.2, -0.15) is 9.90 Å². The summed E-state index contributed by atoms with van der Waals surface area (Å²) in [6.07, 6.45) is -1.17. The second-order valence-electron chi connectivity index (χ2n) is 5.92. The SMILES string of the molecule is Cc1nn(-c2ccccc2)nc1C(=O)O[C@@H](C)C(=O)NC(=O)NC(C)C. The van der Waals surface area contributed by atoms with E-state index in [-0.39, 0.29) is 11.7 Å². The maximum Gasteiger partial charge on any atom is 0.361 e. The van der Waals surface area contributed by atoms with Gasteiger partial charge in [0.25, 0.3) is 5.91 Å². The van der Waals surface area contributed by atoms with Crippen molar-refractivity contribution in [2.75, 3.05) is 0 Å². The highest BCUT2D eigenvalue weighted by Crippen LogP contribution is 2.10. The van der Waals surface area contributed by atoms with Gasteiger partial charge in [-0.05, 0) is 39.8 Å². The third-order valence-electron chi connectivity index (χ3n) is 3.27. The minimum absolute atomic E-state index is 0.000125. The molecule has 2 aromatic rings. The van der Waals surface area contributed by atoms with Crippen LogP contribution in [0.2, 0.25) is 0 Å². The summed E-state index contributed by atoms with van der Waals surface area (Å²) in [6, 6.07) is 8.29. The molecule has 1 aromatic heterocycles. The van der Waals surface area contributed by atoms with Crippen LogP contribution in [0.4, 0.5) is 4.79 Å². The number of hydrogen-bond acceptors (Lipinski definition) is 6. The highest BCUT2D eigenvalue weighted by molar-refractivity contribution is 5.98. The second kappa shape index (κ2) is 8.24. The summed E-state index contributed by atoms with van der Waals surface area (Å²) in [4.78, 5) is 37.0. The van der Waals surface area contributed by atoms with Crippen LogP contribution in [-0.2, 0) is 9.53 Å². The first-order valence-electron chi connectivity index (χ1n) is 8.09. The van der Waals surface area contributed by atoms with Gasteiger partial charge in [-0.25, -0.2) is 9.59 Å². The van der Waals surface area contributed by atoms with Crippen molar-refractivity contribution in [3.05, 3.63) is 41.7 Å². The molecule has 2 N–H and O–H groups in total. The molecule has 0 spiro atoms. The van der Waals surface area contributed by atoms with E-state index in [1.165, 1.54) is 11.7 Å². The molecule has 9 nitrogen and oxygen atoms in total. The van der Waals surface area contributed by atoms with Gasteiger partial charge in [0.1, 0.15) is 0 Å². The Hall–Kier alpha value is -3.23. The van der Waals surface area contributed by atoms with Gasteiger partial charge in [-0.15, -0.1) is 5.10 Å². The van der Waals surface area contributed by atoms with Gasteiger partial charge in [0, 0.05) is 6.04 Å². The normalized spacial score (nSPS) is 11.7. The van der Waals surface area contributed by atoms with Gasteiger partial charge in [0.05, 0.1) is 11.4 Å². The second-order valence-corrected chi connectivity index (χ2v) is 5.92. The molecule has 0 saturated heterocycles. The standard InChI is InChI=1S/C17H21N5O4/c1-10(2)18-17(25)19-15(23)12(4)26-16(24)14-11(3)20-22(21-14)13-8-6-5-7-9-13/h5-10,12H,1-4H3,(H2,18,19,23,25)/t12-/m0/s1. The van der Waals surface area contributed by atoms with Crippen molar-refractivity contribution in [1.29, 1.82) is 0 Å². The average Bonchev–Trinajstić information content (AvgIpc) is 2.96. The monoisotopic (exact) mass is 359 g/mol. The quantitative estimate of drug-likeness (QED) is 0.779. The van der Waals surface area contributed by atoms with Crippen molar-refractivity contribution in [1.82, 2.24) is 25.6 Å². The van der Waals surface area contributed by atoms with Crippen LogP contribution >= 0.6 is 0 Å². The Morgan fingerprint density at radius 2 is 1.73 bits per heavy atom. The highest BCUT2D eigenvalue weighted by atomic mass is 16.5. The van der Waals surface area contributed by atoms with Gasteiger partial charge in [0.2, 0.25) is 0 Å². The number of rotatable bonds is 5. The Balaban J connectivity index is 2.02. The van der Waals surface area contributed by atoms with Crippen LogP contribution in [0.15, 0.2) is 30.3 Å². The number of hydrogen-bond donors (Lipinski definition) is 2. The van der Waals surface area contributed by atoms with Gasteiger partial charge >= 0.3 is 12.0 Å². The van der Waals surface area contributed by atoms with E-state index < -0.39 is 24.0 Å². The number of carbonyl (C=O) groups excluding carboxylic acids is 3. The number of urea groups is 1. The van der Waals surface area contributed by atoms with Crippen LogP contribution in [0.5, 0.6) is 0 Å². The summed E-state index contributed by atoms with van der Waals surface area (Å²) < 4.78 is 5.09. The lowest BCUT2D eigenvalue weighted by Gasteiger charge is -2.13. The lowest BCUT2D eigenvalue weighted by Crippen LogP contribution is -2.46. The molecule has 3 amide bonds. The maximum atomic E-state index is 12.3. The molecule has 0 aliphatic carbocycles. The van der Waals surface area contributed by atoms with E-state index in [0.717, 1.165) is 0 Å². The molecule has 1 aromatic carbocycles. The van der Waals surface area contributed by atoms with E-state index in [1.54, 1.807) is 32.9 Å². The third kappa shape index (κ3) is 4.88. The molecule has 0 unspecified atom stereocenters. The van der Waals surface area contributed by atoms with Crippen molar-refractivity contribution < 1.29 is 19.1 Å². The molecular formula is C17H21N5O4. The van der Waals surface area contributed by atoms with E-state index in [4.69, 9.17) is 4.74 Å². The summed E-state index contributed by atoms with van der Waals surface area (Å²) >= 11 is 0. The van der Waals surface area contributed by atoms with Crippen LogP contribution < -0.4 is 10.6 Å². The molecule has 0 aliphatic heterocycles. The predicted molar refractivity (Wildman–Crippen MR) is 92.8 cm³/mol. The number of nitrogens with zero attached hydrogens (tertiary/aromatic N) is 3. The number of carbonyl (C=O) groups is 3. The zero-order valence-corrected chi connectivity index (χ0v) is 15.0.